The van der Waals surface area contributed by atoms with Crippen LogP contribution in [0.2, 0.25) is 0 Å². The van der Waals surface area contributed by atoms with Crippen molar-refractivity contribution < 1.29 is 18.0 Å². The van der Waals surface area contributed by atoms with Gasteiger partial charge in [0.2, 0.25) is 0 Å². The van der Waals surface area contributed by atoms with E-state index in [0.29, 0.717) is 19.2 Å². The summed E-state index contributed by atoms with van der Waals surface area (Å²) in [6.45, 7) is 0.836. The first kappa shape index (κ1) is 14.1. The number of carbonyl (C=O) groups is 1. The maximum Gasteiger partial charge on any atom is 0.432 e. The van der Waals surface area contributed by atoms with Crippen molar-refractivity contribution in [3.63, 3.8) is 0 Å². The molecule has 2 aromatic rings. The number of hydrogen-bond acceptors (Lipinski definition) is 3. The second-order valence-electron chi connectivity index (χ2n) is 4.19. The van der Waals surface area contributed by atoms with Gasteiger partial charge in [-0.15, -0.1) is 0 Å². The molecule has 6 nitrogen and oxygen atoms in total. The normalized spacial score (nSPS) is 11.6. The summed E-state index contributed by atoms with van der Waals surface area (Å²) in [5, 5.41) is 5.21. The number of nitrogens with zero attached hydrogens (tertiary/aromatic N) is 4. The molecule has 0 saturated carbocycles. The summed E-state index contributed by atoms with van der Waals surface area (Å²) in [6.07, 6.45) is 0.384. The third-order valence-corrected chi connectivity index (χ3v) is 2.70. The maximum absolute atomic E-state index is 12.4. The molecule has 20 heavy (non-hydrogen) atoms. The average Bonchev–Trinajstić information content (AvgIpc) is 3.04. The molecule has 1 N–H and O–H groups in total. The highest BCUT2D eigenvalue weighted by Crippen LogP contribution is 2.27. The van der Waals surface area contributed by atoms with E-state index in [4.69, 9.17) is 0 Å². The summed E-state index contributed by atoms with van der Waals surface area (Å²) in [5.74, 6) is -0.572. The Hall–Kier alpha value is -2.32. The van der Waals surface area contributed by atoms with E-state index in [1.54, 1.807) is 23.3 Å². The van der Waals surface area contributed by atoms with Crippen LogP contribution in [0.5, 0.6) is 0 Å². The molecule has 9 heteroatoms. The highest BCUT2D eigenvalue weighted by molar-refractivity contribution is 5.92. The summed E-state index contributed by atoms with van der Waals surface area (Å²) in [5.41, 5.74) is -1.30. The monoisotopic (exact) mass is 287 g/mol. The minimum absolute atomic E-state index is 0.259. The van der Waals surface area contributed by atoms with Crippen LogP contribution >= 0.6 is 0 Å². The molecule has 0 spiro atoms. The van der Waals surface area contributed by atoms with E-state index in [2.05, 4.69) is 10.1 Å². The van der Waals surface area contributed by atoms with Crippen molar-refractivity contribution in [1.29, 1.82) is 0 Å². The lowest BCUT2D eigenvalue weighted by molar-refractivity contribution is -0.141. The average molecular weight is 287 g/mol. The van der Waals surface area contributed by atoms with Gasteiger partial charge in [-0.3, -0.25) is 9.89 Å². The van der Waals surface area contributed by atoms with Crippen LogP contribution < -0.4 is 0 Å². The van der Waals surface area contributed by atoms with Gasteiger partial charge in [-0.25, -0.2) is 4.98 Å². The predicted molar refractivity (Wildman–Crippen MR) is 62.8 cm³/mol. The zero-order valence-electron chi connectivity index (χ0n) is 10.6. The molecular weight excluding hydrogens is 275 g/mol. The molecule has 108 valence electrons. The van der Waals surface area contributed by atoms with Crippen LogP contribution in [0.1, 0.15) is 16.2 Å². The van der Waals surface area contributed by atoms with Crippen LogP contribution in [0.4, 0.5) is 13.2 Å². The number of likely N-dealkylation sites (N-methyl/N-ethyl adjacent to an activating group) is 1. The van der Waals surface area contributed by atoms with E-state index in [-0.39, 0.29) is 5.69 Å². The lowest BCUT2D eigenvalue weighted by atomic mass is 10.3. The topological polar surface area (TPSA) is 66.8 Å². The lowest BCUT2D eigenvalue weighted by Crippen LogP contribution is -2.30. The Bertz CT molecular complexity index is 575. The number of aromatic amines is 1. The van der Waals surface area contributed by atoms with Gasteiger partial charge in [-0.2, -0.15) is 18.3 Å². The van der Waals surface area contributed by atoms with Gasteiger partial charge in [0.25, 0.3) is 5.91 Å². The molecule has 0 aliphatic rings. The Kier molecular flexibility index (Phi) is 3.77. The second kappa shape index (κ2) is 5.35. The summed E-state index contributed by atoms with van der Waals surface area (Å²) < 4.78 is 38.9. The molecule has 0 saturated heterocycles. The molecule has 1 amide bonds. The largest absolute Gasteiger partial charge is 0.432 e. The Morgan fingerprint density at radius 1 is 1.50 bits per heavy atom. The number of rotatable bonds is 4. The Balaban J connectivity index is 1.98. The number of alkyl halides is 3. The standard InChI is InChI=1S/C11H12F3N5O/c1-18(4-5-19-3-2-15-7-19)10(20)8-6-9(17-16-8)11(12,13)14/h2-3,6-7H,4-5H2,1H3,(H,16,17). The van der Waals surface area contributed by atoms with Crippen LogP contribution in [0.15, 0.2) is 24.8 Å². The smallest absolute Gasteiger partial charge is 0.339 e. The molecule has 0 radical (unpaired) electrons. The first-order valence-electron chi connectivity index (χ1n) is 5.72. The summed E-state index contributed by atoms with van der Waals surface area (Å²) in [6, 6.07) is 0.704. The minimum Gasteiger partial charge on any atom is -0.339 e. The van der Waals surface area contributed by atoms with Crippen molar-refractivity contribution in [2.75, 3.05) is 13.6 Å². The van der Waals surface area contributed by atoms with E-state index < -0.39 is 17.8 Å². The van der Waals surface area contributed by atoms with E-state index in [9.17, 15) is 18.0 Å². The molecule has 0 aromatic carbocycles. The second-order valence-corrected chi connectivity index (χ2v) is 4.19. The maximum atomic E-state index is 12.4. The Morgan fingerprint density at radius 3 is 2.80 bits per heavy atom. The molecule has 0 atom stereocenters. The van der Waals surface area contributed by atoms with Gasteiger partial charge in [0.05, 0.1) is 6.33 Å². The van der Waals surface area contributed by atoms with Crippen molar-refractivity contribution in [2.24, 2.45) is 0 Å². The van der Waals surface area contributed by atoms with Gasteiger partial charge in [-0.05, 0) is 0 Å². The fourth-order valence-electron chi connectivity index (χ4n) is 1.56. The van der Waals surface area contributed by atoms with Gasteiger partial charge >= 0.3 is 6.18 Å². The zero-order valence-corrected chi connectivity index (χ0v) is 10.6. The van der Waals surface area contributed by atoms with Gasteiger partial charge in [0.1, 0.15) is 5.69 Å². The van der Waals surface area contributed by atoms with Crippen LogP contribution in [0.3, 0.4) is 0 Å². The summed E-state index contributed by atoms with van der Waals surface area (Å²) in [7, 11) is 1.50. The van der Waals surface area contributed by atoms with Crippen molar-refractivity contribution in [3.05, 3.63) is 36.2 Å². The van der Waals surface area contributed by atoms with Crippen molar-refractivity contribution in [2.45, 2.75) is 12.7 Å². The number of halogens is 3. The first-order chi connectivity index (χ1) is 9.38. The molecule has 0 aliphatic heterocycles. The van der Waals surface area contributed by atoms with Crippen molar-refractivity contribution >= 4 is 5.91 Å². The van der Waals surface area contributed by atoms with Crippen LogP contribution in [-0.2, 0) is 12.7 Å². The first-order valence-corrected chi connectivity index (χ1v) is 5.72. The van der Waals surface area contributed by atoms with Gasteiger partial charge in [0.15, 0.2) is 5.69 Å². The van der Waals surface area contributed by atoms with Crippen LogP contribution in [-0.4, -0.2) is 44.1 Å². The van der Waals surface area contributed by atoms with Gasteiger partial charge in [-0.1, -0.05) is 0 Å². The fourth-order valence-corrected chi connectivity index (χ4v) is 1.56. The van der Waals surface area contributed by atoms with Crippen LogP contribution in [0, 0.1) is 0 Å². The highest BCUT2D eigenvalue weighted by Gasteiger charge is 2.34. The SMILES string of the molecule is CN(CCn1ccnc1)C(=O)c1cc(C(F)(F)F)[nH]n1. The third-order valence-electron chi connectivity index (χ3n) is 2.70. The number of nitrogens with one attached hydrogen (secondary N) is 1. The fraction of sp³-hybridized carbons (Fsp3) is 0.364. The Labute approximate surface area is 112 Å². The van der Waals surface area contributed by atoms with E-state index in [1.165, 1.54) is 11.9 Å². The minimum atomic E-state index is -4.54. The van der Waals surface area contributed by atoms with Gasteiger partial charge in [0, 0.05) is 38.6 Å². The predicted octanol–water partition coefficient (Wildman–Crippen LogP) is 1.40. The van der Waals surface area contributed by atoms with Crippen molar-refractivity contribution in [1.82, 2.24) is 24.6 Å². The third kappa shape index (κ3) is 3.16. The van der Waals surface area contributed by atoms with Crippen LogP contribution in [0.25, 0.3) is 0 Å². The number of amides is 1. The van der Waals surface area contributed by atoms with E-state index in [1.807, 2.05) is 5.10 Å². The summed E-state index contributed by atoms with van der Waals surface area (Å²) in [4.78, 5) is 17.0. The molecule has 2 aromatic heterocycles. The number of hydrogen-bond donors (Lipinski definition) is 1. The lowest BCUT2D eigenvalue weighted by Gasteiger charge is -2.15. The number of H-pyrrole nitrogens is 1. The van der Waals surface area contributed by atoms with E-state index >= 15 is 0 Å². The summed E-state index contributed by atoms with van der Waals surface area (Å²) >= 11 is 0. The molecule has 2 heterocycles. The quantitative estimate of drug-likeness (QED) is 0.924. The number of carbonyl (C=O) groups excluding carboxylic acids is 1. The number of aromatic nitrogens is 4. The molecule has 0 fully saturated rings. The molecular formula is C11H12F3N5O. The zero-order chi connectivity index (χ0) is 14.8. The van der Waals surface area contributed by atoms with Crippen molar-refractivity contribution in [3.8, 4) is 0 Å². The molecule has 0 aliphatic carbocycles. The molecule has 2 rings (SSSR count). The molecule has 0 bridgehead atoms. The van der Waals surface area contributed by atoms with Gasteiger partial charge < -0.3 is 9.47 Å². The highest BCUT2D eigenvalue weighted by atomic mass is 19.4. The van der Waals surface area contributed by atoms with E-state index in [0.717, 1.165) is 0 Å². The Morgan fingerprint density at radius 2 is 2.25 bits per heavy atom. The number of imidazole rings is 1. The molecule has 0 unspecified atom stereocenters.